The summed E-state index contributed by atoms with van der Waals surface area (Å²) >= 11 is 0. The van der Waals surface area contributed by atoms with Gasteiger partial charge in [0.2, 0.25) is 0 Å². The molecule has 18 heteroatoms. The molecule has 0 aliphatic rings. The summed E-state index contributed by atoms with van der Waals surface area (Å²) in [6.45, 7) is 0. The normalized spacial score (nSPS) is 9.67. The molecule has 0 unspecified atom stereocenters. The van der Waals surface area contributed by atoms with Gasteiger partial charge in [-0.25, -0.2) is 0 Å². The SMILES string of the molecule is O=S(=O)([O-])[O-].O=S(=O)([O-])[O-].O=S(=O)([O-])[O-].[Cd+2].[Co+2].[Zn+2]. The van der Waals surface area contributed by atoms with E-state index in [2.05, 4.69) is 0 Å². The van der Waals surface area contributed by atoms with Crippen LogP contribution >= 0.6 is 0 Å². The molecule has 0 aromatic carbocycles. The second-order valence-electron chi connectivity index (χ2n) is 1.22. The molecule has 0 bridgehead atoms. The summed E-state index contributed by atoms with van der Waals surface area (Å²) in [6, 6.07) is 0. The van der Waals surface area contributed by atoms with Crippen molar-refractivity contribution in [1.82, 2.24) is 0 Å². The zero-order valence-corrected chi connectivity index (χ0v) is 18.4. The first-order chi connectivity index (χ1) is 6.00. The third-order valence-corrected chi connectivity index (χ3v) is 0. The fourth-order valence-corrected chi connectivity index (χ4v) is 0. The second kappa shape index (κ2) is 15.1. The molecular weight excluding hydrogens is 525 g/mol. The summed E-state index contributed by atoms with van der Waals surface area (Å²) in [4.78, 5) is 0. The van der Waals surface area contributed by atoms with Crippen LogP contribution in [0.4, 0.5) is 0 Å². The molecule has 0 rings (SSSR count). The Balaban J connectivity index is -0.0000000277. The van der Waals surface area contributed by atoms with Gasteiger partial charge >= 0.3 is 63.6 Å². The third kappa shape index (κ3) is 1780. The minimum absolute atomic E-state index is 0. The Labute approximate surface area is 146 Å². The molecular formula is CdCoO12S3Zn. The molecule has 1 radical (unpaired) electrons. The van der Waals surface area contributed by atoms with E-state index in [9.17, 15) is 0 Å². The summed E-state index contributed by atoms with van der Waals surface area (Å²) in [5.74, 6) is 0. The topological polar surface area (TPSA) is 241 Å². The molecule has 0 saturated carbocycles. The van der Waals surface area contributed by atoms with E-state index in [0.717, 1.165) is 0 Å². The Morgan fingerprint density at radius 1 is 0.500 bits per heavy atom. The molecule has 0 aliphatic heterocycles. The van der Waals surface area contributed by atoms with Gasteiger partial charge in [-0.05, 0) is 0 Å². The van der Waals surface area contributed by atoms with Gasteiger partial charge in [0.05, 0.1) is 0 Å². The van der Waals surface area contributed by atoms with Crippen LogP contribution in [0.15, 0.2) is 0 Å². The van der Waals surface area contributed by atoms with E-state index in [-0.39, 0.29) is 63.6 Å². The number of rotatable bonds is 0. The molecule has 0 amide bonds. The van der Waals surface area contributed by atoms with Crippen LogP contribution < -0.4 is 0 Å². The first-order valence-electron chi connectivity index (χ1n) is 2.00. The predicted molar refractivity (Wildman–Crippen MR) is 31.4 cm³/mol. The molecule has 103 valence electrons. The van der Waals surface area contributed by atoms with E-state index >= 15 is 0 Å². The smallest absolute Gasteiger partial charge is 0.759 e. The van der Waals surface area contributed by atoms with Gasteiger partial charge in [-0.3, -0.25) is 25.3 Å². The summed E-state index contributed by atoms with van der Waals surface area (Å²) in [5.41, 5.74) is 0. The van der Waals surface area contributed by atoms with Crippen molar-refractivity contribution in [2.24, 2.45) is 0 Å². The van der Waals surface area contributed by atoms with Crippen LogP contribution in [0.5, 0.6) is 0 Å². The zero-order valence-electron chi connectivity index (χ0n) is 7.87. The largest absolute Gasteiger partial charge is 2.00 e. The molecule has 0 aliphatic carbocycles. The Morgan fingerprint density at radius 2 is 0.500 bits per heavy atom. The monoisotopic (exact) mass is 525 g/mol. The molecule has 0 aromatic rings. The first kappa shape index (κ1) is 36.7. The first-order valence-corrected chi connectivity index (χ1v) is 6.00. The van der Waals surface area contributed by atoms with Gasteiger partial charge in [0, 0.05) is 31.2 Å². The van der Waals surface area contributed by atoms with Crippen LogP contribution in [0.1, 0.15) is 0 Å². The Hall–Kier alpha value is 1.66. The Kier molecular flexibility index (Phi) is 30.7. The predicted octanol–water partition coefficient (Wildman–Crippen LogP) is -4.02. The second-order valence-corrected chi connectivity index (χ2v) is 3.67. The van der Waals surface area contributed by atoms with Crippen molar-refractivity contribution in [3.63, 3.8) is 0 Å². The average molecular weight is 525 g/mol. The van der Waals surface area contributed by atoms with E-state index < -0.39 is 31.2 Å². The van der Waals surface area contributed by atoms with Crippen molar-refractivity contribution in [3.8, 4) is 0 Å². The molecule has 0 N–H and O–H groups in total. The summed E-state index contributed by atoms with van der Waals surface area (Å²) in [6.07, 6.45) is 0. The summed E-state index contributed by atoms with van der Waals surface area (Å²) < 4.78 is 102. The minimum Gasteiger partial charge on any atom is -0.759 e. The zero-order chi connectivity index (χ0) is 13.5. The third-order valence-electron chi connectivity index (χ3n) is 0. The van der Waals surface area contributed by atoms with Crippen LogP contribution in [0.25, 0.3) is 0 Å². The van der Waals surface area contributed by atoms with Crippen molar-refractivity contribution in [1.29, 1.82) is 0 Å². The van der Waals surface area contributed by atoms with Crippen LogP contribution in [-0.2, 0) is 94.8 Å². The van der Waals surface area contributed by atoms with Crippen molar-refractivity contribution >= 4 is 31.2 Å². The van der Waals surface area contributed by atoms with E-state index in [1.54, 1.807) is 0 Å². The van der Waals surface area contributed by atoms with Gasteiger partial charge in [0.25, 0.3) is 0 Å². The van der Waals surface area contributed by atoms with Gasteiger partial charge in [0.15, 0.2) is 0 Å². The van der Waals surface area contributed by atoms with Crippen LogP contribution in [0, 0.1) is 0 Å². The van der Waals surface area contributed by atoms with Gasteiger partial charge in [-0.1, -0.05) is 0 Å². The van der Waals surface area contributed by atoms with E-state index in [1.165, 1.54) is 0 Å². The maximum absolute atomic E-state index is 8.52. The minimum atomic E-state index is -5.17. The standard InChI is InChI=1S/Cd.Co.3H2O4S.Zn/c;;3*1-5(2,3)4;/h;;3*(H2,1,2,3,4);/q2*+2;;;;+2/p-6. The van der Waals surface area contributed by atoms with Gasteiger partial charge in [0.1, 0.15) is 0 Å². The van der Waals surface area contributed by atoms with Crippen molar-refractivity contribution in [3.05, 3.63) is 0 Å². The van der Waals surface area contributed by atoms with Crippen LogP contribution in [0.3, 0.4) is 0 Å². The summed E-state index contributed by atoms with van der Waals surface area (Å²) in [5, 5.41) is 0. The quantitative estimate of drug-likeness (QED) is 0.167. The van der Waals surface area contributed by atoms with Gasteiger partial charge in [-0.2, -0.15) is 0 Å². The van der Waals surface area contributed by atoms with Crippen LogP contribution in [0.2, 0.25) is 0 Å². The summed E-state index contributed by atoms with van der Waals surface area (Å²) in [7, 11) is -15.5. The fraction of sp³-hybridized carbons (Fsp3) is 0. The number of hydrogen-bond acceptors (Lipinski definition) is 12. The van der Waals surface area contributed by atoms with Gasteiger partial charge < -0.3 is 27.3 Å². The Morgan fingerprint density at radius 3 is 0.500 bits per heavy atom. The molecule has 0 heterocycles. The van der Waals surface area contributed by atoms with E-state index in [1.807, 2.05) is 0 Å². The molecule has 0 atom stereocenters. The molecule has 0 saturated heterocycles. The molecule has 0 spiro atoms. The fourth-order valence-electron chi connectivity index (χ4n) is 0. The molecule has 0 fully saturated rings. The van der Waals surface area contributed by atoms with Crippen LogP contribution in [-0.4, -0.2) is 52.6 Å². The maximum atomic E-state index is 8.52. The van der Waals surface area contributed by atoms with Gasteiger partial charge in [-0.15, -0.1) is 0 Å². The average Bonchev–Trinajstić information content (AvgIpc) is 1.41. The molecule has 18 heavy (non-hydrogen) atoms. The van der Waals surface area contributed by atoms with E-state index in [0.29, 0.717) is 0 Å². The van der Waals surface area contributed by atoms with Crippen molar-refractivity contribution in [2.45, 2.75) is 0 Å². The molecule has 0 aromatic heterocycles. The molecule has 12 nitrogen and oxygen atoms in total. The van der Waals surface area contributed by atoms with Crippen molar-refractivity contribution < 1.29 is 116 Å². The van der Waals surface area contributed by atoms with Crippen molar-refractivity contribution in [2.75, 3.05) is 0 Å². The van der Waals surface area contributed by atoms with E-state index in [4.69, 9.17) is 52.6 Å². The number of hydrogen-bond donors (Lipinski definition) is 0. The Bertz CT molecular complexity index is 348. The maximum Gasteiger partial charge on any atom is 2.00 e.